The maximum Gasteiger partial charge on any atom is 0.251 e. The zero-order chi connectivity index (χ0) is 22.4. The van der Waals surface area contributed by atoms with E-state index in [1.807, 2.05) is 48.5 Å². The van der Waals surface area contributed by atoms with Crippen LogP contribution in [0.1, 0.15) is 28.8 Å². The lowest BCUT2D eigenvalue weighted by Gasteiger charge is -2.12. The third kappa shape index (κ3) is 5.62. The van der Waals surface area contributed by atoms with Crippen molar-refractivity contribution in [3.05, 3.63) is 90.0 Å². The van der Waals surface area contributed by atoms with Gasteiger partial charge in [-0.05, 0) is 53.8 Å². The molecule has 1 fully saturated rings. The highest BCUT2D eigenvalue weighted by atomic mass is 32.2. The molecule has 0 spiro atoms. The summed E-state index contributed by atoms with van der Waals surface area (Å²) in [6, 6.07) is 23.3. The summed E-state index contributed by atoms with van der Waals surface area (Å²) >= 11 is 0. The van der Waals surface area contributed by atoms with Crippen LogP contribution >= 0.6 is 0 Å². The second-order valence-electron chi connectivity index (χ2n) is 7.76. The zero-order valence-corrected chi connectivity index (χ0v) is 18.5. The molecule has 0 aromatic heterocycles. The molecule has 4 rings (SSSR count). The Kier molecular flexibility index (Phi) is 6.99. The number of benzene rings is 3. The fraction of sp³-hybridized carbons (Fsp3) is 0.240. The van der Waals surface area contributed by atoms with E-state index in [-0.39, 0.29) is 23.5 Å². The summed E-state index contributed by atoms with van der Waals surface area (Å²) in [4.78, 5) is 12.7. The van der Waals surface area contributed by atoms with E-state index in [0.717, 1.165) is 36.1 Å². The van der Waals surface area contributed by atoms with E-state index in [4.69, 9.17) is 4.74 Å². The first kappa shape index (κ1) is 22.2. The number of ether oxygens (including phenoxy) is 1. The Hall–Kier alpha value is -3.00. The maximum absolute atomic E-state index is 12.6. The Morgan fingerprint density at radius 1 is 0.938 bits per heavy atom. The molecular formula is C25H26N2O4S. The number of hydrogen-bond donors (Lipinski definition) is 2. The van der Waals surface area contributed by atoms with Gasteiger partial charge in [0.1, 0.15) is 0 Å². The van der Waals surface area contributed by atoms with Gasteiger partial charge in [-0.25, -0.2) is 13.1 Å². The molecule has 0 radical (unpaired) electrons. The highest BCUT2D eigenvalue weighted by molar-refractivity contribution is 7.89. The Labute approximate surface area is 188 Å². The van der Waals surface area contributed by atoms with Crippen LogP contribution in [0, 0.1) is 0 Å². The molecule has 7 heteroatoms. The number of carbonyl (C=O) groups is 1. The first-order valence-electron chi connectivity index (χ1n) is 10.7. The van der Waals surface area contributed by atoms with E-state index in [1.54, 1.807) is 30.3 Å². The second kappa shape index (κ2) is 10.1. The predicted molar refractivity (Wildman–Crippen MR) is 124 cm³/mol. The van der Waals surface area contributed by atoms with Gasteiger partial charge in [0.15, 0.2) is 0 Å². The summed E-state index contributed by atoms with van der Waals surface area (Å²) in [7, 11) is -3.62. The van der Waals surface area contributed by atoms with Crippen molar-refractivity contribution in [3.8, 4) is 11.1 Å². The maximum atomic E-state index is 12.6. The van der Waals surface area contributed by atoms with Crippen LogP contribution in [-0.2, 0) is 21.3 Å². The molecule has 1 heterocycles. The van der Waals surface area contributed by atoms with Crippen molar-refractivity contribution in [1.29, 1.82) is 0 Å². The smallest absolute Gasteiger partial charge is 0.251 e. The van der Waals surface area contributed by atoms with E-state index in [0.29, 0.717) is 12.1 Å². The van der Waals surface area contributed by atoms with Crippen molar-refractivity contribution in [2.75, 3.05) is 13.2 Å². The van der Waals surface area contributed by atoms with E-state index in [1.165, 1.54) is 0 Å². The Bertz CT molecular complexity index is 1160. The van der Waals surface area contributed by atoms with Crippen LogP contribution in [0.25, 0.3) is 11.1 Å². The lowest BCUT2D eigenvalue weighted by Crippen LogP contribution is -2.31. The summed E-state index contributed by atoms with van der Waals surface area (Å²) in [6.45, 7) is 1.49. The summed E-state index contributed by atoms with van der Waals surface area (Å²) in [5, 5.41) is 2.92. The van der Waals surface area contributed by atoms with Crippen LogP contribution in [0.2, 0.25) is 0 Å². The Morgan fingerprint density at radius 2 is 1.72 bits per heavy atom. The molecule has 0 saturated carbocycles. The molecule has 6 nitrogen and oxygen atoms in total. The van der Waals surface area contributed by atoms with Gasteiger partial charge in [0, 0.05) is 25.3 Å². The minimum atomic E-state index is -3.62. The first-order chi connectivity index (χ1) is 15.5. The third-order valence-corrected chi connectivity index (χ3v) is 6.86. The van der Waals surface area contributed by atoms with Crippen molar-refractivity contribution in [2.45, 2.75) is 30.4 Å². The van der Waals surface area contributed by atoms with Gasteiger partial charge in [-0.1, -0.05) is 54.6 Å². The molecule has 0 aliphatic carbocycles. The van der Waals surface area contributed by atoms with E-state index in [2.05, 4.69) is 10.0 Å². The molecule has 1 aliphatic rings. The van der Waals surface area contributed by atoms with Crippen LogP contribution in [0.15, 0.2) is 83.8 Å². The van der Waals surface area contributed by atoms with Crippen LogP contribution < -0.4 is 10.0 Å². The van der Waals surface area contributed by atoms with Crippen molar-refractivity contribution in [2.24, 2.45) is 0 Å². The summed E-state index contributed by atoms with van der Waals surface area (Å²) in [5.74, 6) is -0.147. The van der Waals surface area contributed by atoms with E-state index < -0.39 is 10.0 Å². The highest BCUT2D eigenvalue weighted by Gasteiger charge is 2.17. The molecule has 1 saturated heterocycles. The minimum Gasteiger partial charge on any atom is -0.376 e. The monoisotopic (exact) mass is 450 g/mol. The topological polar surface area (TPSA) is 84.5 Å². The molecule has 3 aromatic rings. The zero-order valence-electron chi connectivity index (χ0n) is 17.7. The minimum absolute atomic E-state index is 0.0899. The summed E-state index contributed by atoms with van der Waals surface area (Å²) < 4.78 is 33.4. The van der Waals surface area contributed by atoms with Crippen molar-refractivity contribution in [3.63, 3.8) is 0 Å². The molecule has 1 atom stereocenters. The van der Waals surface area contributed by atoms with Crippen LogP contribution in [0.5, 0.6) is 0 Å². The van der Waals surface area contributed by atoms with Crippen molar-refractivity contribution >= 4 is 15.9 Å². The molecule has 2 N–H and O–H groups in total. The van der Waals surface area contributed by atoms with Gasteiger partial charge in [0.05, 0.1) is 11.0 Å². The van der Waals surface area contributed by atoms with Gasteiger partial charge in [-0.3, -0.25) is 4.79 Å². The van der Waals surface area contributed by atoms with Gasteiger partial charge < -0.3 is 10.1 Å². The van der Waals surface area contributed by atoms with Crippen LogP contribution in [-0.4, -0.2) is 33.6 Å². The molecule has 3 aromatic carbocycles. The lowest BCUT2D eigenvalue weighted by atomic mass is 10.0. The molecule has 1 amide bonds. The number of carbonyl (C=O) groups excluding carboxylic acids is 1. The van der Waals surface area contributed by atoms with Gasteiger partial charge in [-0.2, -0.15) is 0 Å². The number of hydrogen-bond acceptors (Lipinski definition) is 4. The fourth-order valence-electron chi connectivity index (χ4n) is 3.64. The summed E-state index contributed by atoms with van der Waals surface area (Å²) in [5.41, 5.74) is 3.13. The predicted octanol–water partition coefficient (Wildman–Crippen LogP) is 3.74. The van der Waals surface area contributed by atoms with Gasteiger partial charge in [0.2, 0.25) is 10.0 Å². The average Bonchev–Trinajstić information content (AvgIpc) is 3.36. The largest absolute Gasteiger partial charge is 0.376 e. The standard InChI is InChI=1S/C25H26N2O4S/c28-25(26-18-23-10-5-15-31-23)22-9-4-8-21(16-22)20-11-13-24(14-12-20)32(29,30)27-17-19-6-2-1-3-7-19/h1-4,6-9,11-14,16,23,27H,5,10,15,17-18H2,(H,26,28). The lowest BCUT2D eigenvalue weighted by molar-refractivity contribution is 0.0858. The van der Waals surface area contributed by atoms with Crippen LogP contribution in [0.4, 0.5) is 0 Å². The molecule has 32 heavy (non-hydrogen) atoms. The Morgan fingerprint density at radius 3 is 2.44 bits per heavy atom. The second-order valence-corrected chi connectivity index (χ2v) is 9.53. The third-order valence-electron chi connectivity index (χ3n) is 5.45. The first-order valence-corrected chi connectivity index (χ1v) is 12.1. The average molecular weight is 451 g/mol. The van der Waals surface area contributed by atoms with Gasteiger partial charge in [0.25, 0.3) is 5.91 Å². The van der Waals surface area contributed by atoms with Crippen molar-refractivity contribution < 1.29 is 17.9 Å². The molecule has 1 unspecified atom stereocenters. The quantitative estimate of drug-likeness (QED) is 0.548. The molecular weight excluding hydrogens is 424 g/mol. The number of nitrogens with one attached hydrogen (secondary N) is 2. The van der Waals surface area contributed by atoms with Gasteiger partial charge in [-0.15, -0.1) is 0 Å². The SMILES string of the molecule is O=C(NCC1CCCO1)c1cccc(-c2ccc(S(=O)(=O)NCc3ccccc3)cc2)c1. The molecule has 166 valence electrons. The number of rotatable bonds is 8. The Balaban J connectivity index is 1.42. The van der Waals surface area contributed by atoms with Gasteiger partial charge >= 0.3 is 0 Å². The number of sulfonamides is 1. The van der Waals surface area contributed by atoms with Crippen molar-refractivity contribution in [1.82, 2.24) is 10.0 Å². The molecule has 0 bridgehead atoms. The highest BCUT2D eigenvalue weighted by Crippen LogP contribution is 2.23. The summed E-state index contributed by atoms with van der Waals surface area (Å²) in [6.07, 6.45) is 2.09. The van der Waals surface area contributed by atoms with E-state index >= 15 is 0 Å². The van der Waals surface area contributed by atoms with Crippen LogP contribution in [0.3, 0.4) is 0 Å². The normalized spacial score (nSPS) is 16.1. The number of amides is 1. The molecule has 1 aliphatic heterocycles. The fourth-order valence-corrected chi connectivity index (χ4v) is 4.66. The van der Waals surface area contributed by atoms with E-state index in [9.17, 15) is 13.2 Å².